The number of rotatable bonds is 7. The maximum absolute atomic E-state index is 13.6. The zero-order valence-electron chi connectivity index (χ0n) is 19.4. The van der Waals surface area contributed by atoms with Gasteiger partial charge >= 0.3 is 0 Å². The van der Waals surface area contributed by atoms with Crippen LogP contribution in [0.2, 0.25) is 0 Å². The summed E-state index contributed by atoms with van der Waals surface area (Å²) in [5, 5.41) is 0.801. The largest absolute Gasteiger partial charge is 0.487 e. The van der Waals surface area contributed by atoms with E-state index in [2.05, 4.69) is 39.5 Å². The van der Waals surface area contributed by atoms with E-state index in [0.29, 0.717) is 37.0 Å². The summed E-state index contributed by atoms with van der Waals surface area (Å²) in [6.07, 6.45) is 1.75. The molecule has 0 unspecified atom stereocenters. The van der Waals surface area contributed by atoms with Crippen molar-refractivity contribution in [3.8, 4) is 5.75 Å². The average molecular weight is 512 g/mol. The van der Waals surface area contributed by atoms with Gasteiger partial charge in [-0.15, -0.1) is 0 Å². The normalized spacial score (nSPS) is 14.8. The lowest BCUT2D eigenvalue weighted by atomic mass is 10.0. The van der Waals surface area contributed by atoms with Gasteiger partial charge in [-0.1, -0.05) is 34.1 Å². The van der Waals surface area contributed by atoms with Crippen LogP contribution in [0.5, 0.6) is 5.75 Å². The third-order valence-electron chi connectivity index (χ3n) is 6.49. The van der Waals surface area contributed by atoms with Crippen molar-refractivity contribution in [2.75, 3.05) is 27.2 Å². The SMILES string of the molecule is CCn1c(COc2ccc(Br)cc2)c(C(=O)C(=O)N2CCC(N(C)C)CC2)c2ccccc21. The number of carbonyl (C=O) groups excluding carboxylic acids is 2. The van der Waals surface area contributed by atoms with Gasteiger partial charge in [-0.3, -0.25) is 9.59 Å². The standard InChI is InChI=1S/C26H30BrN3O3/c1-4-30-22-8-6-5-7-21(22)24(23(30)17-33-20-11-9-18(27)10-12-20)25(31)26(32)29-15-13-19(14-16-29)28(2)3/h5-12,19H,4,13-17H2,1-3H3. The van der Waals surface area contributed by atoms with E-state index < -0.39 is 11.7 Å². The van der Waals surface area contributed by atoms with E-state index in [9.17, 15) is 9.59 Å². The summed E-state index contributed by atoms with van der Waals surface area (Å²) in [4.78, 5) is 30.8. The second-order valence-corrected chi connectivity index (χ2v) is 9.56. The highest BCUT2D eigenvalue weighted by Crippen LogP contribution is 2.29. The third kappa shape index (κ3) is 4.84. The summed E-state index contributed by atoms with van der Waals surface area (Å²) in [6.45, 7) is 4.13. The lowest BCUT2D eigenvalue weighted by Gasteiger charge is -2.34. The van der Waals surface area contributed by atoms with Gasteiger partial charge in [0.2, 0.25) is 0 Å². The molecule has 7 heteroatoms. The number of ether oxygens (including phenoxy) is 1. The van der Waals surface area contributed by atoms with Crippen LogP contribution in [0.25, 0.3) is 10.9 Å². The number of hydrogen-bond donors (Lipinski definition) is 0. The van der Waals surface area contributed by atoms with Crippen molar-refractivity contribution in [1.82, 2.24) is 14.4 Å². The third-order valence-corrected chi connectivity index (χ3v) is 7.02. The van der Waals surface area contributed by atoms with Crippen LogP contribution in [0.3, 0.4) is 0 Å². The predicted octanol–water partition coefficient (Wildman–Crippen LogP) is 4.74. The number of aromatic nitrogens is 1. The maximum atomic E-state index is 13.6. The van der Waals surface area contributed by atoms with Crippen LogP contribution in [0.4, 0.5) is 0 Å². The number of nitrogens with zero attached hydrogens (tertiary/aromatic N) is 3. The van der Waals surface area contributed by atoms with Crippen molar-refractivity contribution in [1.29, 1.82) is 0 Å². The Hall–Kier alpha value is -2.64. The Morgan fingerprint density at radius 3 is 2.36 bits per heavy atom. The van der Waals surface area contributed by atoms with E-state index in [1.54, 1.807) is 4.90 Å². The first kappa shape index (κ1) is 23.5. The topological polar surface area (TPSA) is 54.8 Å². The molecular weight excluding hydrogens is 482 g/mol. The molecule has 1 fully saturated rings. The Balaban J connectivity index is 1.65. The average Bonchev–Trinajstić information content (AvgIpc) is 3.16. The van der Waals surface area contributed by atoms with Crippen molar-refractivity contribution in [3.63, 3.8) is 0 Å². The van der Waals surface area contributed by atoms with Gasteiger partial charge in [0.25, 0.3) is 11.7 Å². The minimum absolute atomic E-state index is 0.210. The number of para-hydroxylation sites is 1. The summed E-state index contributed by atoms with van der Waals surface area (Å²) in [7, 11) is 4.12. The van der Waals surface area contributed by atoms with Crippen LogP contribution in [0.15, 0.2) is 53.0 Å². The first-order valence-electron chi connectivity index (χ1n) is 11.4. The van der Waals surface area contributed by atoms with Gasteiger partial charge in [0.1, 0.15) is 12.4 Å². The van der Waals surface area contributed by atoms with E-state index in [4.69, 9.17) is 4.74 Å². The van der Waals surface area contributed by atoms with E-state index >= 15 is 0 Å². The van der Waals surface area contributed by atoms with Gasteiger partial charge in [0, 0.05) is 41.1 Å². The number of aryl methyl sites for hydroxylation is 1. The fraction of sp³-hybridized carbons (Fsp3) is 0.385. The van der Waals surface area contributed by atoms with Crippen LogP contribution in [-0.4, -0.2) is 59.3 Å². The molecule has 2 heterocycles. The lowest BCUT2D eigenvalue weighted by molar-refractivity contribution is -0.127. The molecule has 174 valence electrons. The molecule has 0 atom stereocenters. The van der Waals surface area contributed by atoms with Crippen LogP contribution in [-0.2, 0) is 17.9 Å². The minimum atomic E-state index is -0.448. The maximum Gasteiger partial charge on any atom is 0.295 e. The molecule has 0 N–H and O–H groups in total. The Labute approximate surface area is 203 Å². The molecule has 1 aromatic heterocycles. The van der Waals surface area contributed by atoms with Crippen molar-refractivity contribution >= 4 is 38.5 Å². The molecule has 1 aliphatic rings. The highest BCUT2D eigenvalue weighted by Gasteiger charge is 2.32. The van der Waals surface area contributed by atoms with Crippen LogP contribution in [0, 0.1) is 0 Å². The first-order valence-corrected chi connectivity index (χ1v) is 12.2. The van der Waals surface area contributed by atoms with Crippen molar-refractivity contribution in [2.45, 2.75) is 39.0 Å². The molecule has 1 saturated heterocycles. The number of likely N-dealkylation sites (tertiary alicyclic amines) is 1. The fourth-order valence-electron chi connectivity index (χ4n) is 4.64. The fourth-order valence-corrected chi connectivity index (χ4v) is 4.90. The summed E-state index contributed by atoms with van der Waals surface area (Å²) in [6, 6.07) is 15.8. The number of Topliss-reactive ketones (excluding diaryl/α,β-unsaturated/α-hetero) is 1. The van der Waals surface area contributed by atoms with E-state index in [-0.39, 0.29) is 6.61 Å². The van der Waals surface area contributed by atoms with Crippen LogP contribution in [0.1, 0.15) is 35.8 Å². The molecule has 3 aromatic rings. The molecule has 1 aliphatic heterocycles. The molecule has 2 aromatic carbocycles. The Morgan fingerprint density at radius 1 is 1.06 bits per heavy atom. The number of piperidine rings is 1. The molecule has 0 aliphatic carbocycles. The van der Waals surface area contributed by atoms with Gasteiger partial charge in [-0.05, 0) is 64.2 Å². The molecular formula is C26H30BrN3O3. The number of hydrogen-bond acceptors (Lipinski definition) is 4. The molecule has 0 radical (unpaired) electrons. The van der Waals surface area contributed by atoms with Gasteiger partial charge in [0.15, 0.2) is 0 Å². The quantitative estimate of drug-likeness (QED) is 0.339. The van der Waals surface area contributed by atoms with E-state index in [1.807, 2.05) is 55.5 Å². The highest BCUT2D eigenvalue weighted by atomic mass is 79.9. The molecule has 1 amide bonds. The molecule has 0 spiro atoms. The van der Waals surface area contributed by atoms with Crippen molar-refractivity contribution < 1.29 is 14.3 Å². The molecule has 0 saturated carbocycles. The van der Waals surface area contributed by atoms with Gasteiger partial charge in [-0.25, -0.2) is 0 Å². The number of halogens is 1. The monoisotopic (exact) mass is 511 g/mol. The van der Waals surface area contributed by atoms with Gasteiger partial charge in [-0.2, -0.15) is 0 Å². The summed E-state index contributed by atoms with van der Waals surface area (Å²) < 4.78 is 9.10. The lowest BCUT2D eigenvalue weighted by Crippen LogP contribution is -2.46. The van der Waals surface area contributed by atoms with E-state index in [1.165, 1.54) is 0 Å². The van der Waals surface area contributed by atoms with Crippen molar-refractivity contribution in [3.05, 3.63) is 64.3 Å². The van der Waals surface area contributed by atoms with Gasteiger partial charge < -0.3 is 19.1 Å². The Kier molecular flexibility index (Phi) is 7.20. The second-order valence-electron chi connectivity index (χ2n) is 8.64. The number of carbonyl (C=O) groups is 2. The number of amides is 1. The summed E-state index contributed by atoms with van der Waals surface area (Å²) in [5.41, 5.74) is 2.14. The zero-order valence-corrected chi connectivity index (χ0v) is 21.0. The van der Waals surface area contributed by atoms with Crippen molar-refractivity contribution in [2.24, 2.45) is 0 Å². The smallest absolute Gasteiger partial charge is 0.295 e. The zero-order chi connectivity index (χ0) is 23.5. The summed E-state index contributed by atoms with van der Waals surface area (Å²) >= 11 is 3.43. The van der Waals surface area contributed by atoms with Crippen LogP contribution < -0.4 is 4.74 Å². The van der Waals surface area contributed by atoms with Crippen LogP contribution >= 0.6 is 15.9 Å². The molecule has 4 rings (SSSR count). The number of fused-ring (bicyclic) bond motifs is 1. The van der Waals surface area contributed by atoms with Gasteiger partial charge in [0.05, 0.1) is 11.3 Å². The van der Waals surface area contributed by atoms with E-state index in [0.717, 1.165) is 33.9 Å². The Morgan fingerprint density at radius 2 is 1.73 bits per heavy atom. The first-order chi connectivity index (χ1) is 15.9. The number of benzene rings is 2. The minimum Gasteiger partial charge on any atom is -0.487 e. The molecule has 0 bridgehead atoms. The Bertz CT molecular complexity index is 1150. The number of ketones is 1. The highest BCUT2D eigenvalue weighted by molar-refractivity contribution is 9.10. The molecule has 33 heavy (non-hydrogen) atoms. The molecule has 6 nitrogen and oxygen atoms in total. The second kappa shape index (κ2) is 10.1. The summed E-state index contributed by atoms with van der Waals surface area (Å²) in [5.74, 6) is -0.159. The predicted molar refractivity (Wildman–Crippen MR) is 134 cm³/mol.